The Morgan fingerprint density at radius 3 is 2.94 bits per heavy atom. The summed E-state index contributed by atoms with van der Waals surface area (Å²) in [5, 5.41) is 15.1. The predicted molar refractivity (Wildman–Crippen MR) is 128 cm³/mol. The Kier molecular flexibility index (Phi) is 4.87. The minimum absolute atomic E-state index is 0.516. The second-order valence-corrected chi connectivity index (χ2v) is 8.10. The number of aromatic nitrogens is 2. The van der Waals surface area contributed by atoms with E-state index < -0.39 is 0 Å². The van der Waals surface area contributed by atoms with Gasteiger partial charge >= 0.3 is 0 Å². The minimum Gasteiger partial charge on any atom is -0.497 e. The van der Waals surface area contributed by atoms with E-state index in [4.69, 9.17) is 4.74 Å². The SMILES string of the molecule is COc1cccc(C=Cc2cc3c(Nc4ccc5[nH]ccc5c4)c(C#N)cnc3s2)c1. The maximum atomic E-state index is 9.65. The molecule has 31 heavy (non-hydrogen) atoms. The first-order chi connectivity index (χ1) is 15.2. The van der Waals surface area contributed by atoms with Crippen LogP contribution in [0.5, 0.6) is 5.75 Å². The number of hydrogen-bond donors (Lipinski definition) is 2. The fourth-order valence-electron chi connectivity index (χ4n) is 3.51. The van der Waals surface area contributed by atoms with Crippen molar-refractivity contribution in [3.05, 3.63) is 83.0 Å². The monoisotopic (exact) mass is 422 g/mol. The predicted octanol–water partition coefficient (Wildman–Crippen LogP) is 6.57. The average molecular weight is 423 g/mol. The first-order valence-corrected chi connectivity index (χ1v) is 10.5. The summed E-state index contributed by atoms with van der Waals surface area (Å²) in [6.45, 7) is 0. The Bertz CT molecular complexity index is 1470. The summed E-state index contributed by atoms with van der Waals surface area (Å²) in [6.07, 6.45) is 7.65. The fraction of sp³-hybridized carbons (Fsp3) is 0.0400. The lowest BCUT2D eigenvalue weighted by Crippen LogP contribution is -1.95. The second kappa shape index (κ2) is 7.98. The standard InChI is InChI=1S/C25H18N4OS/c1-30-20-4-2-3-16(11-20)5-7-21-13-22-24(18(14-26)15-28-25(22)31-21)29-19-6-8-23-17(12-19)9-10-27-23/h2-13,15,27H,1H3,(H,28,29). The number of nitriles is 1. The molecule has 0 bridgehead atoms. The number of nitrogens with one attached hydrogen (secondary N) is 2. The summed E-state index contributed by atoms with van der Waals surface area (Å²) in [6, 6.07) is 20.4. The van der Waals surface area contributed by atoms with Crippen LogP contribution in [0.1, 0.15) is 16.0 Å². The van der Waals surface area contributed by atoms with Crippen LogP contribution >= 0.6 is 11.3 Å². The lowest BCUT2D eigenvalue weighted by Gasteiger charge is -2.09. The molecule has 0 saturated carbocycles. The van der Waals surface area contributed by atoms with E-state index in [-0.39, 0.29) is 0 Å². The van der Waals surface area contributed by atoms with E-state index in [0.717, 1.165) is 48.7 Å². The van der Waals surface area contributed by atoms with E-state index in [1.807, 2.05) is 54.7 Å². The maximum Gasteiger partial charge on any atom is 0.125 e. The number of methoxy groups -OCH3 is 1. The molecule has 5 rings (SSSR count). The lowest BCUT2D eigenvalue weighted by atomic mass is 10.1. The zero-order chi connectivity index (χ0) is 21.2. The molecule has 0 radical (unpaired) electrons. The van der Waals surface area contributed by atoms with Crippen LogP contribution in [0.3, 0.4) is 0 Å². The molecule has 5 nitrogen and oxygen atoms in total. The van der Waals surface area contributed by atoms with Crippen molar-refractivity contribution >= 4 is 56.0 Å². The summed E-state index contributed by atoms with van der Waals surface area (Å²) in [5.41, 5.74) is 4.35. The van der Waals surface area contributed by atoms with Gasteiger partial charge in [-0.2, -0.15) is 5.26 Å². The van der Waals surface area contributed by atoms with Crippen molar-refractivity contribution in [1.29, 1.82) is 5.26 Å². The molecular formula is C25H18N4OS. The van der Waals surface area contributed by atoms with E-state index in [1.54, 1.807) is 24.6 Å². The van der Waals surface area contributed by atoms with Crippen LogP contribution in [0.15, 0.2) is 67.0 Å². The van der Waals surface area contributed by atoms with E-state index in [2.05, 4.69) is 39.6 Å². The average Bonchev–Trinajstić information content (AvgIpc) is 3.44. The van der Waals surface area contributed by atoms with Crippen LogP contribution in [0.2, 0.25) is 0 Å². The van der Waals surface area contributed by atoms with Gasteiger partial charge < -0.3 is 15.0 Å². The Labute approximate surface area is 183 Å². The van der Waals surface area contributed by atoms with Gasteiger partial charge in [-0.25, -0.2) is 4.98 Å². The lowest BCUT2D eigenvalue weighted by molar-refractivity contribution is 0.414. The number of pyridine rings is 1. The first-order valence-electron chi connectivity index (χ1n) is 9.72. The molecule has 0 unspecified atom stereocenters. The summed E-state index contributed by atoms with van der Waals surface area (Å²) in [7, 11) is 1.66. The van der Waals surface area contributed by atoms with Crippen molar-refractivity contribution in [2.75, 3.05) is 12.4 Å². The van der Waals surface area contributed by atoms with E-state index in [1.165, 1.54) is 0 Å². The molecule has 0 amide bonds. The minimum atomic E-state index is 0.516. The number of anilines is 2. The number of nitrogens with zero attached hydrogens (tertiary/aromatic N) is 2. The highest BCUT2D eigenvalue weighted by molar-refractivity contribution is 7.19. The van der Waals surface area contributed by atoms with Gasteiger partial charge in [-0.15, -0.1) is 11.3 Å². The molecule has 0 aliphatic carbocycles. The van der Waals surface area contributed by atoms with Gasteiger partial charge in [0.1, 0.15) is 16.6 Å². The fourth-order valence-corrected chi connectivity index (χ4v) is 4.42. The molecule has 0 spiro atoms. The van der Waals surface area contributed by atoms with E-state index in [9.17, 15) is 5.26 Å². The molecule has 0 fully saturated rings. The second-order valence-electron chi connectivity index (χ2n) is 7.04. The number of ether oxygens (including phenoxy) is 1. The summed E-state index contributed by atoms with van der Waals surface area (Å²) >= 11 is 1.59. The summed E-state index contributed by atoms with van der Waals surface area (Å²) < 4.78 is 5.29. The largest absolute Gasteiger partial charge is 0.497 e. The molecule has 6 heteroatoms. The van der Waals surface area contributed by atoms with Gasteiger partial charge in [0.25, 0.3) is 0 Å². The van der Waals surface area contributed by atoms with Crippen molar-refractivity contribution in [2.45, 2.75) is 0 Å². The quantitative estimate of drug-likeness (QED) is 0.336. The highest BCUT2D eigenvalue weighted by Crippen LogP contribution is 2.35. The maximum absolute atomic E-state index is 9.65. The summed E-state index contributed by atoms with van der Waals surface area (Å²) in [4.78, 5) is 9.64. The molecule has 2 aromatic carbocycles. The van der Waals surface area contributed by atoms with Crippen LogP contribution in [-0.4, -0.2) is 17.1 Å². The van der Waals surface area contributed by atoms with Crippen LogP contribution in [0.25, 0.3) is 33.3 Å². The number of hydrogen-bond acceptors (Lipinski definition) is 5. The third-order valence-corrected chi connectivity index (χ3v) is 6.07. The van der Waals surface area contributed by atoms with Gasteiger partial charge in [0.15, 0.2) is 0 Å². The molecule has 5 aromatic rings. The van der Waals surface area contributed by atoms with Gasteiger partial charge in [-0.1, -0.05) is 18.2 Å². The van der Waals surface area contributed by atoms with Crippen molar-refractivity contribution < 1.29 is 4.74 Å². The van der Waals surface area contributed by atoms with Crippen LogP contribution in [0.4, 0.5) is 11.4 Å². The van der Waals surface area contributed by atoms with E-state index >= 15 is 0 Å². The highest BCUT2D eigenvalue weighted by atomic mass is 32.1. The molecule has 0 aliphatic heterocycles. The molecule has 3 heterocycles. The number of thiophene rings is 1. The third kappa shape index (κ3) is 3.75. The molecule has 0 aliphatic rings. The Balaban J connectivity index is 1.52. The van der Waals surface area contributed by atoms with Crippen LogP contribution in [-0.2, 0) is 0 Å². The molecule has 3 aromatic heterocycles. The van der Waals surface area contributed by atoms with Gasteiger partial charge in [-0.05, 0) is 54.1 Å². The number of rotatable bonds is 5. The van der Waals surface area contributed by atoms with Gasteiger partial charge in [-0.3, -0.25) is 0 Å². The van der Waals surface area contributed by atoms with Crippen LogP contribution < -0.4 is 10.1 Å². The Hall–Kier alpha value is -4.08. The zero-order valence-electron chi connectivity index (χ0n) is 16.7. The highest BCUT2D eigenvalue weighted by Gasteiger charge is 2.12. The molecule has 0 saturated heterocycles. The van der Waals surface area contributed by atoms with Gasteiger partial charge in [0.2, 0.25) is 0 Å². The number of H-pyrrole nitrogens is 1. The smallest absolute Gasteiger partial charge is 0.125 e. The molecule has 150 valence electrons. The molecular weight excluding hydrogens is 404 g/mol. The normalized spacial score (nSPS) is 11.2. The molecule has 0 atom stereocenters. The van der Waals surface area contributed by atoms with Crippen molar-refractivity contribution in [3.63, 3.8) is 0 Å². The van der Waals surface area contributed by atoms with Crippen molar-refractivity contribution in [2.24, 2.45) is 0 Å². The Morgan fingerprint density at radius 2 is 2.06 bits per heavy atom. The topological polar surface area (TPSA) is 73.7 Å². The van der Waals surface area contributed by atoms with Crippen molar-refractivity contribution in [1.82, 2.24) is 9.97 Å². The van der Waals surface area contributed by atoms with Crippen molar-refractivity contribution in [3.8, 4) is 11.8 Å². The Morgan fingerprint density at radius 1 is 1.13 bits per heavy atom. The number of aromatic amines is 1. The summed E-state index contributed by atoms with van der Waals surface area (Å²) in [5.74, 6) is 0.824. The number of benzene rings is 2. The van der Waals surface area contributed by atoms with Gasteiger partial charge in [0, 0.05) is 39.2 Å². The van der Waals surface area contributed by atoms with E-state index in [0.29, 0.717) is 5.56 Å². The molecule has 2 N–H and O–H groups in total. The van der Waals surface area contributed by atoms with Gasteiger partial charge in [0.05, 0.1) is 18.4 Å². The first kappa shape index (κ1) is 18.9. The number of fused-ring (bicyclic) bond motifs is 2. The third-order valence-electron chi connectivity index (χ3n) is 5.06. The van der Waals surface area contributed by atoms with Crippen LogP contribution in [0, 0.1) is 11.3 Å². The zero-order valence-corrected chi connectivity index (χ0v) is 17.5.